The number of rotatable bonds is 7. The summed E-state index contributed by atoms with van der Waals surface area (Å²) in [4.78, 5) is 17.5. The molecule has 34 heavy (non-hydrogen) atoms. The van der Waals surface area contributed by atoms with Crippen molar-refractivity contribution in [2.45, 2.75) is 24.9 Å². The highest BCUT2D eigenvalue weighted by Crippen LogP contribution is 2.34. The molecule has 0 atom stereocenters. The quantitative estimate of drug-likeness (QED) is 0.441. The topological polar surface area (TPSA) is 64.9 Å². The molecule has 4 aromatic rings. The van der Waals surface area contributed by atoms with Crippen molar-refractivity contribution in [2.75, 3.05) is 19.8 Å². The lowest BCUT2D eigenvalue weighted by Gasteiger charge is -2.38. The fourth-order valence-corrected chi connectivity index (χ4v) is 4.43. The molecule has 2 aromatic heterocycles. The highest BCUT2D eigenvalue weighted by atomic mass is 19.1. The summed E-state index contributed by atoms with van der Waals surface area (Å²) in [6, 6.07) is 19.5. The Morgan fingerprint density at radius 1 is 1.09 bits per heavy atom. The van der Waals surface area contributed by atoms with Gasteiger partial charge in [0, 0.05) is 43.1 Å². The normalized spacial score (nSPS) is 15.2. The van der Waals surface area contributed by atoms with Crippen LogP contribution in [0.5, 0.6) is 5.75 Å². The van der Waals surface area contributed by atoms with E-state index in [-0.39, 0.29) is 17.1 Å². The highest BCUT2D eigenvalue weighted by molar-refractivity contribution is 5.94. The number of nitrogens with zero attached hydrogens (tertiary/aromatic N) is 2. The fourth-order valence-electron chi connectivity index (χ4n) is 4.43. The van der Waals surface area contributed by atoms with Gasteiger partial charge in [0.15, 0.2) is 0 Å². The number of fused-ring (bicyclic) bond motifs is 1. The second kappa shape index (κ2) is 9.65. The Morgan fingerprint density at radius 3 is 2.71 bits per heavy atom. The van der Waals surface area contributed by atoms with E-state index in [0.29, 0.717) is 37.7 Å². The Kier molecular flexibility index (Phi) is 6.27. The first-order valence-electron chi connectivity index (χ1n) is 11.4. The number of benzene rings is 2. The van der Waals surface area contributed by atoms with Gasteiger partial charge in [-0.05, 0) is 60.9 Å². The van der Waals surface area contributed by atoms with E-state index in [1.807, 2.05) is 41.1 Å². The number of aromatic nitrogens is 2. The van der Waals surface area contributed by atoms with Crippen molar-refractivity contribution in [3.05, 3.63) is 102 Å². The lowest BCUT2D eigenvalue weighted by molar-refractivity contribution is 0.0487. The molecule has 0 unspecified atom stereocenters. The predicted molar refractivity (Wildman–Crippen MR) is 126 cm³/mol. The molecule has 1 N–H and O–H groups in total. The monoisotopic (exact) mass is 459 g/mol. The molecule has 1 amide bonds. The zero-order valence-electron chi connectivity index (χ0n) is 18.7. The van der Waals surface area contributed by atoms with Crippen molar-refractivity contribution in [3.63, 3.8) is 0 Å². The van der Waals surface area contributed by atoms with Gasteiger partial charge in [0.2, 0.25) is 0 Å². The first kappa shape index (κ1) is 22.1. The van der Waals surface area contributed by atoms with Gasteiger partial charge in [-0.2, -0.15) is 0 Å². The number of ether oxygens (including phenoxy) is 2. The number of hydrogen-bond acceptors (Lipinski definition) is 4. The summed E-state index contributed by atoms with van der Waals surface area (Å²) >= 11 is 0. The minimum absolute atomic E-state index is 0.175. The number of nitrogens with one attached hydrogen (secondary N) is 1. The smallest absolute Gasteiger partial charge is 0.251 e. The number of carbonyl (C=O) groups is 1. The van der Waals surface area contributed by atoms with Crippen molar-refractivity contribution >= 4 is 11.6 Å². The summed E-state index contributed by atoms with van der Waals surface area (Å²) in [6.45, 7) is 1.98. The van der Waals surface area contributed by atoms with Crippen LogP contribution >= 0.6 is 0 Å². The molecule has 0 bridgehead atoms. The Morgan fingerprint density at radius 2 is 1.91 bits per heavy atom. The average molecular weight is 460 g/mol. The predicted octanol–water partition coefficient (Wildman–Crippen LogP) is 4.53. The van der Waals surface area contributed by atoms with E-state index < -0.39 is 0 Å². The highest BCUT2D eigenvalue weighted by Gasteiger charge is 2.35. The second-order valence-corrected chi connectivity index (χ2v) is 8.60. The molecular formula is C27H26FN3O3. The molecule has 1 saturated heterocycles. The number of amides is 1. The molecule has 7 heteroatoms. The zero-order chi connectivity index (χ0) is 23.4. The number of hydrogen-bond donors (Lipinski definition) is 1. The van der Waals surface area contributed by atoms with Crippen LogP contribution in [0.4, 0.5) is 4.39 Å². The maximum absolute atomic E-state index is 13.5. The molecule has 2 aromatic carbocycles. The van der Waals surface area contributed by atoms with Crippen LogP contribution in [-0.2, 0) is 16.8 Å². The molecule has 1 fully saturated rings. The van der Waals surface area contributed by atoms with Gasteiger partial charge in [-0.15, -0.1) is 0 Å². The van der Waals surface area contributed by atoms with Gasteiger partial charge in [0.05, 0.1) is 5.69 Å². The van der Waals surface area contributed by atoms with Crippen LogP contribution in [0.25, 0.3) is 5.65 Å². The maximum atomic E-state index is 13.5. The molecule has 5 rings (SSSR count). The van der Waals surface area contributed by atoms with Gasteiger partial charge in [0.1, 0.15) is 23.8 Å². The van der Waals surface area contributed by atoms with E-state index in [4.69, 9.17) is 9.47 Å². The molecule has 1 aliphatic rings. The van der Waals surface area contributed by atoms with E-state index in [1.54, 1.807) is 30.3 Å². The summed E-state index contributed by atoms with van der Waals surface area (Å²) in [5, 5.41) is 3.08. The van der Waals surface area contributed by atoms with Crippen molar-refractivity contribution in [2.24, 2.45) is 0 Å². The SMILES string of the molecule is O=C(NCC1(c2ccc(F)cc2)CCOCC1)c1cccc(OCc2cn3ccccc3n2)c1. The van der Waals surface area contributed by atoms with Crippen LogP contribution in [0, 0.1) is 5.82 Å². The summed E-state index contributed by atoms with van der Waals surface area (Å²) in [5.41, 5.74) is 2.92. The lowest BCUT2D eigenvalue weighted by atomic mass is 9.74. The van der Waals surface area contributed by atoms with Gasteiger partial charge in [-0.1, -0.05) is 24.3 Å². The van der Waals surface area contributed by atoms with Crippen molar-refractivity contribution in [3.8, 4) is 5.75 Å². The van der Waals surface area contributed by atoms with E-state index in [9.17, 15) is 9.18 Å². The van der Waals surface area contributed by atoms with Crippen LogP contribution < -0.4 is 10.1 Å². The molecule has 1 aliphatic heterocycles. The Bertz CT molecular complexity index is 1250. The molecule has 0 aliphatic carbocycles. The molecule has 0 saturated carbocycles. The van der Waals surface area contributed by atoms with Crippen molar-refractivity contribution in [1.82, 2.24) is 14.7 Å². The first-order valence-corrected chi connectivity index (χ1v) is 11.4. The number of pyridine rings is 1. The summed E-state index contributed by atoms with van der Waals surface area (Å²) in [7, 11) is 0. The van der Waals surface area contributed by atoms with Gasteiger partial charge >= 0.3 is 0 Å². The van der Waals surface area contributed by atoms with Gasteiger partial charge < -0.3 is 19.2 Å². The minimum atomic E-state index is -0.279. The third-order valence-electron chi connectivity index (χ3n) is 6.39. The lowest BCUT2D eigenvalue weighted by Crippen LogP contribution is -2.44. The third kappa shape index (κ3) is 4.79. The number of halogens is 1. The molecular weight excluding hydrogens is 433 g/mol. The van der Waals surface area contributed by atoms with E-state index in [2.05, 4.69) is 10.3 Å². The van der Waals surface area contributed by atoms with E-state index in [0.717, 1.165) is 29.7 Å². The van der Waals surface area contributed by atoms with Crippen LogP contribution in [0.2, 0.25) is 0 Å². The first-order chi connectivity index (χ1) is 16.6. The van der Waals surface area contributed by atoms with Gasteiger partial charge in [-0.25, -0.2) is 9.37 Å². The Labute approximate surface area is 197 Å². The van der Waals surface area contributed by atoms with Crippen LogP contribution in [0.3, 0.4) is 0 Å². The maximum Gasteiger partial charge on any atom is 0.251 e. The van der Waals surface area contributed by atoms with Crippen LogP contribution in [0.15, 0.2) is 79.1 Å². The summed E-state index contributed by atoms with van der Waals surface area (Å²) < 4.78 is 26.9. The number of imidazole rings is 1. The standard InChI is InChI=1S/C27H26FN3O3/c28-22-9-7-21(8-10-22)27(11-14-33-15-12-27)19-29-26(32)20-4-3-5-24(16-20)34-18-23-17-31-13-2-1-6-25(31)30-23/h1-10,13,16-17H,11-12,14-15,18-19H2,(H,29,32). The largest absolute Gasteiger partial charge is 0.487 e. The average Bonchev–Trinajstić information content (AvgIpc) is 3.30. The van der Waals surface area contributed by atoms with E-state index in [1.165, 1.54) is 12.1 Å². The molecule has 0 radical (unpaired) electrons. The Balaban J connectivity index is 1.25. The zero-order valence-corrected chi connectivity index (χ0v) is 18.7. The third-order valence-corrected chi connectivity index (χ3v) is 6.39. The fraction of sp³-hybridized carbons (Fsp3) is 0.259. The molecule has 174 valence electrons. The van der Waals surface area contributed by atoms with Crippen molar-refractivity contribution in [1.29, 1.82) is 0 Å². The summed E-state index contributed by atoms with van der Waals surface area (Å²) in [6.07, 6.45) is 5.39. The molecule has 6 nitrogen and oxygen atoms in total. The van der Waals surface area contributed by atoms with Gasteiger partial charge in [-0.3, -0.25) is 4.79 Å². The Hall–Kier alpha value is -3.71. The summed E-state index contributed by atoms with van der Waals surface area (Å²) in [5.74, 6) is 0.158. The van der Waals surface area contributed by atoms with Crippen molar-refractivity contribution < 1.29 is 18.7 Å². The van der Waals surface area contributed by atoms with Crippen LogP contribution in [-0.4, -0.2) is 35.1 Å². The minimum Gasteiger partial charge on any atom is -0.487 e. The van der Waals surface area contributed by atoms with E-state index >= 15 is 0 Å². The van der Waals surface area contributed by atoms with Crippen LogP contribution in [0.1, 0.15) is 34.5 Å². The number of carbonyl (C=O) groups excluding carboxylic acids is 1. The second-order valence-electron chi connectivity index (χ2n) is 8.60. The van der Waals surface area contributed by atoms with Gasteiger partial charge in [0.25, 0.3) is 5.91 Å². The molecule has 0 spiro atoms. The molecule has 3 heterocycles.